The Morgan fingerprint density at radius 1 is 1.27 bits per heavy atom. The van der Waals surface area contributed by atoms with Crippen molar-refractivity contribution in [3.05, 3.63) is 0 Å². The van der Waals surface area contributed by atoms with E-state index in [1.165, 1.54) is 25.7 Å². The van der Waals surface area contributed by atoms with Crippen LogP contribution >= 0.6 is 12.6 Å². The van der Waals surface area contributed by atoms with Crippen LogP contribution in [-0.2, 0) is 9.47 Å². The van der Waals surface area contributed by atoms with Gasteiger partial charge in [-0.3, -0.25) is 0 Å². The minimum atomic E-state index is 0.294. The first kappa shape index (κ1) is 13.3. The first-order valence-electron chi connectivity index (χ1n) is 6.06. The van der Waals surface area contributed by atoms with Gasteiger partial charge in [-0.2, -0.15) is 12.6 Å². The predicted octanol–water partition coefficient (Wildman–Crippen LogP) is 2.92. The van der Waals surface area contributed by atoms with Gasteiger partial charge >= 0.3 is 0 Å². The Morgan fingerprint density at radius 2 is 1.87 bits per heavy atom. The van der Waals surface area contributed by atoms with Crippen molar-refractivity contribution < 1.29 is 9.47 Å². The maximum absolute atomic E-state index is 5.87. The molecule has 0 amide bonds. The largest absolute Gasteiger partial charge is 0.376 e. The fourth-order valence-electron chi connectivity index (χ4n) is 2.14. The molecule has 0 spiro atoms. The summed E-state index contributed by atoms with van der Waals surface area (Å²) in [6, 6.07) is 0. The predicted molar refractivity (Wildman–Crippen MR) is 66.7 cm³/mol. The second-order valence-electron chi connectivity index (χ2n) is 4.63. The molecule has 0 bridgehead atoms. The van der Waals surface area contributed by atoms with Gasteiger partial charge in [0.2, 0.25) is 0 Å². The van der Waals surface area contributed by atoms with E-state index >= 15 is 0 Å². The highest BCUT2D eigenvalue weighted by molar-refractivity contribution is 7.80. The summed E-state index contributed by atoms with van der Waals surface area (Å²) in [5.74, 6) is 0.933. The van der Waals surface area contributed by atoms with Gasteiger partial charge in [0.05, 0.1) is 19.8 Å². The van der Waals surface area contributed by atoms with E-state index in [4.69, 9.17) is 9.47 Å². The Balaban J connectivity index is 2.37. The van der Waals surface area contributed by atoms with Crippen LogP contribution in [0.1, 0.15) is 39.5 Å². The van der Waals surface area contributed by atoms with E-state index < -0.39 is 0 Å². The molecule has 0 aromatic rings. The maximum atomic E-state index is 5.87. The molecule has 0 radical (unpaired) electrons. The van der Waals surface area contributed by atoms with E-state index in [9.17, 15) is 0 Å². The van der Waals surface area contributed by atoms with Crippen molar-refractivity contribution in [1.29, 1.82) is 0 Å². The summed E-state index contributed by atoms with van der Waals surface area (Å²) in [4.78, 5) is 0. The highest BCUT2D eigenvalue weighted by Gasteiger charge is 2.30. The molecular formula is C12H24O2S. The molecule has 0 aliphatic carbocycles. The molecular weight excluding hydrogens is 208 g/mol. The summed E-state index contributed by atoms with van der Waals surface area (Å²) >= 11 is 4.51. The Kier molecular flexibility index (Phi) is 6.02. The lowest BCUT2D eigenvalue weighted by Crippen LogP contribution is -2.40. The standard InChI is InChI=1S/C12H24O2S/c1-3-5-12(10-15,6-4-2)9-14-11-7-13-8-11/h11,15H,3-10H2,1-2H3. The van der Waals surface area contributed by atoms with Gasteiger partial charge in [-0.15, -0.1) is 0 Å². The van der Waals surface area contributed by atoms with Gasteiger partial charge in [0, 0.05) is 5.41 Å². The molecule has 1 aliphatic rings. The molecule has 0 unspecified atom stereocenters. The molecule has 90 valence electrons. The van der Waals surface area contributed by atoms with Gasteiger partial charge in [-0.1, -0.05) is 26.7 Å². The van der Waals surface area contributed by atoms with E-state index in [0.29, 0.717) is 11.5 Å². The molecule has 1 rings (SSSR count). The molecule has 0 aromatic carbocycles. The second kappa shape index (κ2) is 6.77. The van der Waals surface area contributed by atoms with Crippen molar-refractivity contribution in [3.8, 4) is 0 Å². The number of thiol groups is 1. The van der Waals surface area contributed by atoms with Gasteiger partial charge < -0.3 is 9.47 Å². The van der Waals surface area contributed by atoms with Crippen LogP contribution in [0.2, 0.25) is 0 Å². The summed E-state index contributed by atoms with van der Waals surface area (Å²) in [6.07, 6.45) is 5.21. The highest BCUT2D eigenvalue weighted by Crippen LogP contribution is 2.32. The highest BCUT2D eigenvalue weighted by atomic mass is 32.1. The SMILES string of the molecule is CCCC(CS)(CCC)COC1COC1. The van der Waals surface area contributed by atoms with E-state index in [1.54, 1.807) is 0 Å². The summed E-state index contributed by atoms with van der Waals surface area (Å²) in [5.41, 5.74) is 0.294. The van der Waals surface area contributed by atoms with Crippen LogP contribution in [0.15, 0.2) is 0 Å². The fraction of sp³-hybridized carbons (Fsp3) is 1.00. The van der Waals surface area contributed by atoms with E-state index in [-0.39, 0.29) is 0 Å². The summed E-state index contributed by atoms with van der Waals surface area (Å²) in [6.45, 7) is 6.88. The molecule has 15 heavy (non-hydrogen) atoms. The Morgan fingerprint density at radius 3 is 2.20 bits per heavy atom. The van der Waals surface area contributed by atoms with Gasteiger partial charge in [0.15, 0.2) is 0 Å². The lowest BCUT2D eigenvalue weighted by atomic mass is 9.82. The first-order valence-corrected chi connectivity index (χ1v) is 6.70. The molecule has 2 nitrogen and oxygen atoms in total. The first-order chi connectivity index (χ1) is 7.26. The molecule has 1 aliphatic heterocycles. The molecule has 3 heteroatoms. The maximum Gasteiger partial charge on any atom is 0.104 e. The van der Waals surface area contributed by atoms with E-state index in [2.05, 4.69) is 26.5 Å². The summed E-state index contributed by atoms with van der Waals surface area (Å²) in [5, 5.41) is 0. The minimum Gasteiger partial charge on any atom is -0.376 e. The van der Waals surface area contributed by atoms with Crippen molar-refractivity contribution in [2.24, 2.45) is 5.41 Å². The van der Waals surface area contributed by atoms with Crippen molar-refractivity contribution in [1.82, 2.24) is 0 Å². The summed E-state index contributed by atoms with van der Waals surface area (Å²) in [7, 11) is 0. The zero-order valence-corrected chi connectivity index (χ0v) is 10.9. The van der Waals surface area contributed by atoms with Crippen LogP contribution in [0, 0.1) is 5.41 Å². The third-order valence-electron chi connectivity index (χ3n) is 3.13. The van der Waals surface area contributed by atoms with Gasteiger partial charge in [-0.05, 0) is 18.6 Å². The van der Waals surface area contributed by atoms with Crippen molar-refractivity contribution >= 4 is 12.6 Å². The molecule has 0 aromatic heterocycles. The molecule has 0 N–H and O–H groups in total. The van der Waals surface area contributed by atoms with Crippen LogP contribution in [-0.4, -0.2) is 31.7 Å². The van der Waals surface area contributed by atoms with Crippen LogP contribution in [0.3, 0.4) is 0 Å². The monoisotopic (exact) mass is 232 g/mol. The normalized spacial score (nSPS) is 17.8. The Labute approximate surface area is 99.1 Å². The van der Waals surface area contributed by atoms with Crippen LogP contribution in [0.4, 0.5) is 0 Å². The molecule has 1 fully saturated rings. The molecule has 0 saturated carbocycles. The van der Waals surface area contributed by atoms with Crippen molar-refractivity contribution in [2.45, 2.75) is 45.6 Å². The van der Waals surface area contributed by atoms with Crippen LogP contribution in [0.25, 0.3) is 0 Å². The quantitative estimate of drug-likeness (QED) is 0.649. The third kappa shape index (κ3) is 3.97. The van der Waals surface area contributed by atoms with Crippen molar-refractivity contribution in [3.63, 3.8) is 0 Å². The minimum absolute atomic E-state index is 0.294. The van der Waals surface area contributed by atoms with E-state index in [1.807, 2.05) is 0 Å². The number of hydrogen-bond donors (Lipinski definition) is 1. The lowest BCUT2D eigenvalue weighted by molar-refractivity contribution is -0.145. The summed E-state index contributed by atoms with van der Waals surface area (Å²) < 4.78 is 11.0. The molecule has 1 heterocycles. The van der Waals surface area contributed by atoms with Crippen molar-refractivity contribution in [2.75, 3.05) is 25.6 Å². The van der Waals surface area contributed by atoms with Gasteiger partial charge in [-0.25, -0.2) is 0 Å². The average Bonchev–Trinajstić information content (AvgIpc) is 2.16. The smallest absolute Gasteiger partial charge is 0.104 e. The fourth-order valence-corrected chi connectivity index (χ4v) is 2.55. The average molecular weight is 232 g/mol. The molecule has 1 saturated heterocycles. The number of ether oxygens (including phenoxy) is 2. The van der Waals surface area contributed by atoms with Crippen LogP contribution in [0.5, 0.6) is 0 Å². The number of hydrogen-bond acceptors (Lipinski definition) is 3. The molecule has 0 atom stereocenters. The topological polar surface area (TPSA) is 18.5 Å². The second-order valence-corrected chi connectivity index (χ2v) is 4.94. The zero-order chi connectivity index (χ0) is 11.1. The van der Waals surface area contributed by atoms with E-state index in [0.717, 1.165) is 25.6 Å². The lowest BCUT2D eigenvalue weighted by Gasteiger charge is -2.35. The van der Waals surface area contributed by atoms with Crippen LogP contribution < -0.4 is 0 Å². The number of rotatable bonds is 8. The van der Waals surface area contributed by atoms with Gasteiger partial charge in [0.25, 0.3) is 0 Å². The zero-order valence-electron chi connectivity index (χ0n) is 10.00. The Bertz CT molecular complexity index is 163. The van der Waals surface area contributed by atoms with Gasteiger partial charge in [0.1, 0.15) is 6.10 Å². The third-order valence-corrected chi connectivity index (χ3v) is 3.80. The Hall–Kier alpha value is 0.270.